The molecule has 1 N–H and O–H groups in total. The summed E-state index contributed by atoms with van der Waals surface area (Å²) in [5.41, 5.74) is 0.878. The van der Waals surface area contributed by atoms with Crippen molar-refractivity contribution in [3.63, 3.8) is 0 Å². The zero-order valence-electron chi connectivity index (χ0n) is 14.4. The van der Waals surface area contributed by atoms with Crippen molar-refractivity contribution in [1.29, 1.82) is 0 Å². The third kappa shape index (κ3) is 6.09. The van der Waals surface area contributed by atoms with E-state index in [1.807, 2.05) is 23.1 Å². The molecule has 2 amide bonds. The molecule has 1 atom stereocenters. The van der Waals surface area contributed by atoms with Crippen molar-refractivity contribution in [3.05, 3.63) is 30.1 Å². The number of halogens is 1. The fourth-order valence-corrected chi connectivity index (χ4v) is 2.80. The monoisotopic (exact) mass is 354 g/mol. The zero-order chi connectivity index (χ0) is 16.7. The van der Waals surface area contributed by atoms with Gasteiger partial charge in [-0.15, -0.1) is 12.4 Å². The number of nitrogens with one attached hydrogen (secondary N) is 1. The maximum absolute atomic E-state index is 12.8. The topological polar surface area (TPSA) is 65.5 Å². The van der Waals surface area contributed by atoms with Gasteiger partial charge in [0.1, 0.15) is 0 Å². The molecule has 1 aromatic rings. The van der Waals surface area contributed by atoms with E-state index in [0.717, 1.165) is 38.0 Å². The number of hydrogen-bond acceptors (Lipinski definition) is 4. The highest BCUT2D eigenvalue weighted by Gasteiger charge is 2.26. The normalized spacial score (nSPS) is 17.3. The Labute approximate surface area is 150 Å². The molecule has 1 aliphatic heterocycles. The average Bonchev–Trinajstić information content (AvgIpc) is 2.82. The molecule has 1 fully saturated rings. The number of nitrogens with zero attached hydrogens (tertiary/aromatic N) is 3. The maximum Gasteiger partial charge on any atom is 0.242 e. The fourth-order valence-electron chi connectivity index (χ4n) is 2.80. The number of carbonyl (C=O) groups is 2. The number of amides is 2. The van der Waals surface area contributed by atoms with E-state index in [4.69, 9.17) is 0 Å². The molecule has 0 bridgehead atoms. The molecule has 1 unspecified atom stereocenters. The summed E-state index contributed by atoms with van der Waals surface area (Å²) >= 11 is 0. The number of likely N-dealkylation sites (N-methyl/N-ethyl adjacent to an activating group) is 1. The second kappa shape index (κ2) is 10.3. The summed E-state index contributed by atoms with van der Waals surface area (Å²) in [7, 11) is 1.66. The molecular formula is C17H27ClN4O2. The van der Waals surface area contributed by atoms with Crippen LogP contribution >= 0.6 is 12.4 Å². The van der Waals surface area contributed by atoms with Gasteiger partial charge in [-0.3, -0.25) is 14.6 Å². The standard InChI is InChI=1S/C17H26N4O2.ClH/c1-14(22)20(2)13-17(23)21(12-15-6-3-4-10-19-15)16-7-5-9-18-11-8-16;/h3-4,6,10,16,18H,5,7-9,11-13H2,1-2H3;1H. The fraction of sp³-hybridized carbons (Fsp3) is 0.588. The van der Waals surface area contributed by atoms with Crippen LogP contribution in [0.15, 0.2) is 24.4 Å². The van der Waals surface area contributed by atoms with Crippen LogP contribution in [-0.4, -0.2) is 59.3 Å². The van der Waals surface area contributed by atoms with Crippen LogP contribution in [0.5, 0.6) is 0 Å². The first-order valence-corrected chi connectivity index (χ1v) is 8.19. The second-order valence-corrected chi connectivity index (χ2v) is 6.05. The van der Waals surface area contributed by atoms with Gasteiger partial charge in [0.25, 0.3) is 0 Å². The summed E-state index contributed by atoms with van der Waals surface area (Å²) < 4.78 is 0. The van der Waals surface area contributed by atoms with E-state index in [-0.39, 0.29) is 36.8 Å². The minimum atomic E-state index is -0.0985. The molecule has 0 saturated carbocycles. The minimum absolute atomic E-state index is 0. The van der Waals surface area contributed by atoms with Gasteiger partial charge in [-0.1, -0.05) is 6.07 Å². The average molecular weight is 355 g/mol. The first-order valence-electron chi connectivity index (χ1n) is 8.19. The van der Waals surface area contributed by atoms with Gasteiger partial charge < -0.3 is 15.1 Å². The van der Waals surface area contributed by atoms with Crippen molar-refractivity contribution < 1.29 is 9.59 Å². The lowest BCUT2D eigenvalue weighted by Crippen LogP contribution is -2.45. The van der Waals surface area contributed by atoms with Gasteiger partial charge in [-0.05, 0) is 44.5 Å². The Bertz CT molecular complexity index is 519. The molecule has 1 aromatic heterocycles. The number of aromatic nitrogens is 1. The second-order valence-electron chi connectivity index (χ2n) is 6.05. The molecule has 0 aromatic carbocycles. The van der Waals surface area contributed by atoms with Crippen molar-refractivity contribution in [1.82, 2.24) is 20.1 Å². The van der Waals surface area contributed by atoms with Crippen molar-refractivity contribution in [2.24, 2.45) is 0 Å². The lowest BCUT2D eigenvalue weighted by Gasteiger charge is -2.32. The van der Waals surface area contributed by atoms with Crippen molar-refractivity contribution in [2.45, 2.75) is 38.8 Å². The molecule has 2 rings (SSSR count). The molecule has 0 radical (unpaired) electrons. The summed E-state index contributed by atoms with van der Waals surface area (Å²) in [4.78, 5) is 31.9. The van der Waals surface area contributed by atoms with Crippen LogP contribution in [0.2, 0.25) is 0 Å². The van der Waals surface area contributed by atoms with E-state index in [0.29, 0.717) is 6.54 Å². The van der Waals surface area contributed by atoms with Crippen molar-refractivity contribution >= 4 is 24.2 Å². The number of hydrogen-bond donors (Lipinski definition) is 1. The third-order valence-electron chi connectivity index (χ3n) is 4.27. The third-order valence-corrected chi connectivity index (χ3v) is 4.27. The smallest absolute Gasteiger partial charge is 0.242 e. The highest BCUT2D eigenvalue weighted by molar-refractivity contribution is 5.85. The SMILES string of the molecule is CC(=O)N(C)CC(=O)N(Cc1ccccn1)C1CCCNCC1.Cl. The number of rotatable bonds is 5. The lowest BCUT2D eigenvalue weighted by atomic mass is 10.1. The van der Waals surface area contributed by atoms with Crippen molar-refractivity contribution in [3.8, 4) is 0 Å². The van der Waals surface area contributed by atoms with Crippen LogP contribution < -0.4 is 5.32 Å². The summed E-state index contributed by atoms with van der Waals surface area (Å²) in [6, 6.07) is 5.93. The maximum atomic E-state index is 12.8. The van der Waals surface area contributed by atoms with Crippen LogP contribution in [0.3, 0.4) is 0 Å². The zero-order valence-corrected chi connectivity index (χ0v) is 15.2. The highest BCUT2D eigenvalue weighted by Crippen LogP contribution is 2.17. The summed E-state index contributed by atoms with van der Waals surface area (Å²) in [5, 5.41) is 3.38. The summed E-state index contributed by atoms with van der Waals surface area (Å²) in [5.74, 6) is -0.112. The van der Waals surface area contributed by atoms with Gasteiger partial charge >= 0.3 is 0 Å². The van der Waals surface area contributed by atoms with Gasteiger partial charge in [0.2, 0.25) is 11.8 Å². The molecule has 0 spiro atoms. The predicted molar refractivity (Wildman–Crippen MR) is 95.9 cm³/mol. The Kier molecular flexibility index (Phi) is 8.71. The van der Waals surface area contributed by atoms with Crippen LogP contribution in [0, 0.1) is 0 Å². The van der Waals surface area contributed by atoms with Gasteiger partial charge in [-0.25, -0.2) is 0 Å². The Hall–Kier alpha value is -1.66. The van der Waals surface area contributed by atoms with Crippen LogP contribution in [0.4, 0.5) is 0 Å². The number of pyridine rings is 1. The molecule has 6 nitrogen and oxygen atoms in total. The van der Waals surface area contributed by atoms with Crippen molar-refractivity contribution in [2.75, 3.05) is 26.7 Å². The first-order chi connectivity index (χ1) is 11.1. The Morgan fingerprint density at radius 2 is 2.08 bits per heavy atom. The number of carbonyl (C=O) groups excluding carboxylic acids is 2. The van der Waals surface area contributed by atoms with Gasteiger partial charge in [0.15, 0.2) is 0 Å². The van der Waals surface area contributed by atoms with Gasteiger partial charge in [-0.2, -0.15) is 0 Å². The van der Waals surface area contributed by atoms with E-state index < -0.39 is 0 Å². The first kappa shape index (κ1) is 20.4. The molecule has 134 valence electrons. The largest absolute Gasteiger partial charge is 0.337 e. The van der Waals surface area contributed by atoms with Crippen LogP contribution in [0.1, 0.15) is 31.9 Å². The Balaban J connectivity index is 0.00000288. The molecular weight excluding hydrogens is 328 g/mol. The molecule has 0 aliphatic carbocycles. The van der Waals surface area contributed by atoms with Crippen LogP contribution in [-0.2, 0) is 16.1 Å². The molecule has 1 saturated heterocycles. The van der Waals surface area contributed by atoms with E-state index in [2.05, 4.69) is 10.3 Å². The molecule has 24 heavy (non-hydrogen) atoms. The quantitative estimate of drug-likeness (QED) is 0.869. The molecule has 1 aliphatic rings. The van der Waals surface area contributed by atoms with Gasteiger partial charge in [0.05, 0.1) is 18.8 Å². The van der Waals surface area contributed by atoms with E-state index >= 15 is 0 Å². The lowest BCUT2D eigenvalue weighted by molar-refractivity contribution is -0.140. The highest BCUT2D eigenvalue weighted by atomic mass is 35.5. The molecule has 7 heteroatoms. The van der Waals surface area contributed by atoms with E-state index in [9.17, 15) is 9.59 Å². The van der Waals surface area contributed by atoms with E-state index in [1.54, 1.807) is 13.2 Å². The minimum Gasteiger partial charge on any atom is -0.337 e. The predicted octanol–water partition coefficient (Wildman–Crippen LogP) is 1.45. The van der Waals surface area contributed by atoms with E-state index in [1.165, 1.54) is 11.8 Å². The van der Waals surface area contributed by atoms with Crippen LogP contribution in [0.25, 0.3) is 0 Å². The molecule has 2 heterocycles. The Morgan fingerprint density at radius 3 is 2.75 bits per heavy atom. The Morgan fingerprint density at radius 1 is 1.29 bits per heavy atom. The van der Waals surface area contributed by atoms with Gasteiger partial charge in [0, 0.05) is 26.2 Å². The summed E-state index contributed by atoms with van der Waals surface area (Å²) in [6.45, 7) is 4.00. The summed E-state index contributed by atoms with van der Waals surface area (Å²) in [6.07, 6.45) is 4.71.